The van der Waals surface area contributed by atoms with Crippen molar-refractivity contribution < 1.29 is 8.81 Å². The fourth-order valence-corrected chi connectivity index (χ4v) is 4.45. The number of hydrogen-bond acceptors (Lipinski definition) is 3. The Balaban J connectivity index is 1.45. The molecule has 34 heavy (non-hydrogen) atoms. The lowest BCUT2D eigenvalue weighted by atomic mass is 9.97. The quantitative estimate of drug-likeness (QED) is 0.276. The number of pyridine rings is 2. The second kappa shape index (κ2) is 8.23. The average Bonchev–Trinajstić information content (AvgIpc) is 3.27. The zero-order chi connectivity index (χ0) is 23.1. The Kier molecular flexibility index (Phi) is 4.92. The zero-order valence-electron chi connectivity index (χ0n) is 18.6. The van der Waals surface area contributed by atoms with Crippen LogP contribution in [0.15, 0.2) is 108 Å². The van der Waals surface area contributed by atoms with Crippen LogP contribution in [-0.2, 0) is 0 Å². The van der Waals surface area contributed by atoms with Gasteiger partial charge in [0.15, 0.2) is 0 Å². The molecule has 1 atom stereocenters. The molecular formula is C30H21FN2O. The number of halogens is 1. The molecular weight excluding hydrogens is 423 g/mol. The van der Waals surface area contributed by atoms with Crippen LogP contribution in [0.3, 0.4) is 0 Å². The third-order valence-electron chi connectivity index (χ3n) is 6.34. The van der Waals surface area contributed by atoms with Gasteiger partial charge < -0.3 is 4.42 Å². The van der Waals surface area contributed by atoms with Gasteiger partial charge in [-0.15, -0.1) is 0 Å². The van der Waals surface area contributed by atoms with Gasteiger partial charge in [0, 0.05) is 28.5 Å². The second-order valence-corrected chi connectivity index (χ2v) is 8.44. The van der Waals surface area contributed by atoms with Gasteiger partial charge in [-0.25, -0.2) is 9.37 Å². The molecule has 0 amide bonds. The van der Waals surface area contributed by atoms with Gasteiger partial charge in [0.2, 0.25) is 5.71 Å². The molecule has 0 bridgehead atoms. The fourth-order valence-electron chi connectivity index (χ4n) is 4.45. The summed E-state index contributed by atoms with van der Waals surface area (Å²) in [6, 6.07) is 31.0. The highest BCUT2D eigenvalue weighted by atomic mass is 19.1. The predicted molar refractivity (Wildman–Crippen MR) is 134 cm³/mol. The van der Waals surface area contributed by atoms with Gasteiger partial charge in [-0.3, -0.25) is 4.98 Å². The summed E-state index contributed by atoms with van der Waals surface area (Å²) in [5, 5.41) is 1.99. The smallest absolute Gasteiger partial charge is 0.227 e. The van der Waals surface area contributed by atoms with Crippen LogP contribution in [0, 0.1) is 5.82 Å². The van der Waals surface area contributed by atoms with Crippen molar-refractivity contribution in [2.24, 2.45) is 0 Å². The predicted octanol–water partition coefficient (Wildman–Crippen LogP) is 8.00. The minimum atomic E-state index is -0.251. The van der Waals surface area contributed by atoms with E-state index in [0.29, 0.717) is 5.71 Å². The maximum Gasteiger partial charge on any atom is 0.227 e. The van der Waals surface area contributed by atoms with Crippen LogP contribution in [0.5, 0.6) is 0 Å². The van der Waals surface area contributed by atoms with Gasteiger partial charge in [-0.05, 0) is 59.2 Å². The number of benzene rings is 3. The van der Waals surface area contributed by atoms with Crippen molar-refractivity contribution in [1.29, 1.82) is 0 Å². The third-order valence-corrected chi connectivity index (χ3v) is 6.34. The van der Waals surface area contributed by atoms with Crippen molar-refractivity contribution >= 4 is 22.1 Å². The van der Waals surface area contributed by atoms with Gasteiger partial charge >= 0.3 is 0 Å². The first-order valence-corrected chi connectivity index (χ1v) is 11.3. The zero-order valence-corrected chi connectivity index (χ0v) is 18.6. The van der Waals surface area contributed by atoms with Gasteiger partial charge in [0.25, 0.3) is 0 Å². The molecule has 3 heterocycles. The minimum absolute atomic E-state index is 0.160. The van der Waals surface area contributed by atoms with E-state index >= 15 is 0 Å². The van der Waals surface area contributed by atoms with E-state index in [4.69, 9.17) is 9.40 Å². The summed E-state index contributed by atoms with van der Waals surface area (Å²) in [7, 11) is 0. The minimum Gasteiger partial charge on any atom is -0.437 e. The molecule has 0 spiro atoms. The number of furan rings is 1. The Morgan fingerprint density at radius 1 is 0.765 bits per heavy atom. The third kappa shape index (κ3) is 3.54. The summed E-state index contributed by atoms with van der Waals surface area (Å²) in [5.74, 6) is -0.0918. The molecule has 0 saturated carbocycles. The van der Waals surface area contributed by atoms with E-state index in [9.17, 15) is 4.39 Å². The largest absolute Gasteiger partial charge is 0.437 e. The lowest BCUT2D eigenvalue weighted by molar-refractivity contribution is 0.628. The molecule has 0 fully saturated rings. The van der Waals surface area contributed by atoms with Gasteiger partial charge in [0.05, 0.1) is 11.4 Å². The molecule has 1 unspecified atom stereocenters. The first-order valence-electron chi connectivity index (χ1n) is 11.3. The van der Waals surface area contributed by atoms with Crippen LogP contribution in [0.4, 0.5) is 4.39 Å². The lowest BCUT2D eigenvalue weighted by Crippen LogP contribution is -1.98. The van der Waals surface area contributed by atoms with Crippen molar-refractivity contribution in [3.05, 3.63) is 120 Å². The van der Waals surface area contributed by atoms with Crippen molar-refractivity contribution in [2.75, 3.05) is 0 Å². The van der Waals surface area contributed by atoms with E-state index in [1.54, 1.807) is 18.3 Å². The number of aromatic nitrogens is 2. The molecule has 6 rings (SSSR count). The summed E-state index contributed by atoms with van der Waals surface area (Å²) in [5.41, 5.74) is 7.17. The highest BCUT2D eigenvalue weighted by molar-refractivity contribution is 6.08. The fraction of sp³-hybridized carbons (Fsp3) is 0.0667. The second-order valence-electron chi connectivity index (χ2n) is 8.44. The Bertz CT molecular complexity index is 1620. The molecule has 0 radical (unpaired) electrons. The number of rotatable bonds is 4. The van der Waals surface area contributed by atoms with E-state index in [1.165, 1.54) is 17.7 Å². The Morgan fingerprint density at radius 3 is 2.41 bits per heavy atom. The number of nitrogens with zero attached hydrogens (tertiary/aromatic N) is 2. The molecule has 4 heteroatoms. The first-order chi connectivity index (χ1) is 16.7. The molecule has 6 aromatic rings. The molecule has 0 aliphatic heterocycles. The van der Waals surface area contributed by atoms with E-state index in [2.05, 4.69) is 42.2 Å². The van der Waals surface area contributed by atoms with Crippen LogP contribution < -0.4 is 0 Å². The Labute approximate surface area is 196 Å². The summed E-state index contributed by atoms with van der Waals surface area (Å²) < 4.78 is 19.7. The topological polar surface area (TPSA) is 38.9 Å². The maximum atomic E-state index is 13.4. The van der Waals surface area contributed by atoms with Crippen molar-refractivity contribution in [2.45, 2.75) is 12.8 Å². The molecule has 164 valence electrons. The summed E-state index contributed by atoms with van der Waals surface area (Å²) in [6.45, 7) is 2.16. The number of para-hydroxylation sites is 1. The molecule has 0 saturated heterocycles. The number of fused-ring (bicyclic) bond motifs is 3. The van der Waals surface area contributed by atoms with Gasteiger partial charge in [-0.1, -0.05) is 61.5 Å². The monoisotopic (exact) mass is 444 g/mol. The summed E-state index contributed by atoms with van der Waals surface area (Å²) >= 11 is 0. The Morgan fingerprint density at radius 2 is 1.59 bits per heavy atom. The summed E-state index contributed by atoms with van der Waals surface area (Å²) in [6.07, 6.45) is 1.77. The average molecular weight is 445 g/mol. The highest BCUT2D eigenvalue weighted by Crippen LogP contribution is 2.36. The standard InChI is InChI=1S/C30H21FN2O/c1-19(20-6-3-2-4-7-20)27-15-14-25-24-8-5-9-26(29(24)34-30(25)33-27)28-18-22(16-17-32-28)21-10-12-23(31)13-11-21/h2-19H,1H3. The van der Waals surface area contributed by atoms with Gasteiger partial charge in [-0.2, -0.15) is 0 Å². The Hall–Kier alpha value is -4.31. The molecule has 3 nitrogen and oxygen atoms in total. The normalized spacial score (nSPS) is 12.3. The van der Waals surface area contributed by atoms with E-state index in [-0.39, 0.29) is 11.7 Å². The molecule has 3 aromatic carbocycles. The van der Waals surface area contributed by atoms with E-state index in [0.717, 1.165) is 44.4 Å². The van der Waals surface area contributed by atoms with E-state index < -0.39 is 0 Å². The van der Waals surface area contributed by atoms with Gasteiger partial charge in [0.1, 0.15) is 11.4 Å². The highest BCUT2D eigenvalue weighted by Gasteiger charge is 2.17. The van der Waals surface area contributed by atoms with Crippen LogP contribution >= 0.6 is 0 Å². The maximum absolute atomic E-state index is 13.4. The first kappa shape index (κ1) is 20.3. The molecule has 3 aromatic heterocycles. The molecule has 0 aliphatic carbocycles. The van der Waals surface area contributed by atoms with Crippen molar-refractivity contribution in [3.8, 4) is 22.4 Å². The molecule has 0 N–H and O–H groups in total. The van der Waals surface area contributed by atoms with Crippen molar-refractivity contribution in [3.63, 3.8) is 0 Å². The van der Waals surface area contributed by atoms with Crippen molar-refractivity contribution in [1.82, 2.24) is 9.97 Å². The van der Waals surface area contributed by atoms with Crippen LogP contribution in [0.1, 0.15) is 24.1 Å². The van der Waals surface area contributed by atoms with Crippen LogP contribution in [0.25, 0.3) is 44.5 Å². The van der Waals surface area contributed by atoms with Crippen LogP contribution in [-0.4, -0.2) is 9.97 Å². The summed E-state index contributed by atoms with van der Waals surface area (Å²) in [4.78, 5) is 9.48. The van der Waals surface area contributed by atoms with E-state index in [1.807, 2.05) is 42.5 Å². The molecule has 0 aliphatic rings. The lowest BCUT2D eigenvalue weighted by Gasteiger charge is -2.10. The SMILES string of the molecule is CC(c1ccccc1)c1ccc2c(n1)oc1c(-c3cc(-c4ccc(F)cc4)ccn3)cccc12. The van der Waals surface area contributed by atoms with Crippen LogP contribution in [0.2, 0.25) is 0 Å². The number of hydrogen-bond donors (Lipinski definition) is 0.